The molecule has 8 heteroatoms. The van der Waals surface area contributed by atoms with E-state index in [-0.39, 0.29) is 29.4 Å². The van der Waals surface area contributed by atoms with Gasteiger partial charge in [0.2, 0.25) is 0 Å². The summed E-state index contributed by atoms with van der Waals surface area (Å²) in [5.74, 6) is 2.56. The number of benzene rings is 1. The van der Waals surface area contributed by atoms with Crippen LogP contribution >= 0.6 is 24.0 Å². The molecule has 1 fully saturated rings. The predicted octanol–water partition coefficient (Wildman–Crippen LogP) is 3.14. The van der Waals surface area contributed by atoms with Gasteiger partial charge in [-0.1, -0.05) is 24.3 Å². The van der Waals surface area contributed by atoms with Crippen LogP contribution in [0, 0.1) is 0 Å². The van der Waals surface area contributed by atoms with Gasteiger partial charge in [-0.15, -0.1) is 34.2 Å². The summed E-state index contributed by atoms with van der Waals surface area (Å²) in [6.45, 7) is 4.15. The Bertz CT molecular complexity index is 982. The van der Waals surface area contributed by atoms with E-state index in [1.54, 1.807) is 7.11 Å². The molecule has 0 radical (unpaired) electrons. The third kappa shape index (κ3) is 4.63. The number of fused-ring (bicyclic) bond motifs is 1. The smallest absolute Gasteiger partial charge is 0.191 e. The summed E-state index contributed by atoms with van der Waals surface area (Å²) in [4.78, 5) is 4.71. The fraction of sp³-hybridized carbons (Fsp3) is 0.381. The standard InChI is InChI=1S/C21H26N6O.HI/c1-3-22-20(23-14-19-26-25-18-10-6-7-13-27(18)19)24-15-21(11-12-21)16-8-4-5-9-17(16)28-2;/h4-10,13H,3,11-12,14-15H2,1-2H3,(H2,22,23,24);1H. The number of aromatic nitrogens is 3. The van der Waals surface area contributed by atoms with Crippen molar-refractivity contribution in [2.75, 3.05) is 20.2 Å². The van der Waals surface area contributed by atoms with Crippen LogP contribution in [-0.2, 0) is 12.0 Å². The molecule has 1 aliphatic rings. The molecule has 0 bridgehead atoms. The first-order valence-corrected chi connectivity index (χ1v) is 9.70. The van der Waals surface area contributed by atoms with Gasteiger partial charge in [0.15, 0.2) is 17.4 Å². The fourth-order valence-corrected chi connectivity index (χ4v) is 3.52. The molecule has 1 saturated carbocycles. The number of nitrogens with one attached hydrogen (secondary N) is 2. The van der Waals surface area contributed by atoms with E-state index >= 15 is 0 Å². The lowest BCUT2D eigenvalue weighted by atomic mass is 9.95. The van der Waals surface area contributed by atoms with Crippen molar-refractivity contribution in [3.05, 3.63) is 60.0 Å². The molecule has 1 aliphatic carbocycles. The molecular formula is C21H27IN6O. The molecule has 0 atom stereocenters. The van der Waals surface area contributed by atoms with Crippen LogP contribution in [0.15, 0.2) is 53.7 Å². The van der Waals surface area contributed by atoms with Crippen molar-refractivity contribution >= 4 is 35.6 Å². The molecule has 2 aromatic heterocycles. The van der Waals surface area contributed by atoms with E-state index in [4.69, 9.17) is 9.73 Å². The lowest BCUT2D eigenvalue weighted by molar-refractivity contribution is 0.403. The van der Waals surface area contributed by atoms with E-state index in [0.717, 1.165) is 49.1 Å². The lowest BCUT2D eigenvalue weighted by Gasteiger charge is -2.21. The highest BCUT2D eigenvalue weighted by Crippen LogP contribution is 2.50. The summed E-state index contributed by atoms with van der Waals surface area (Å²) in [6.07, 6.45) is 4.25. The Kier molecular flexibility index (Phi) is 6.94. The van der Waals surface area contributed by atoms with Crippen LogP contribution < -0.4 is 15.4 Å². The topological polar surface area (TPSA) is 75.8 Å². The average molecular weight is 506 g/mol. The highest BCUT2D eigenvalue weighted by molar-refractivity contribution is 14.0. The maximum atomic E-state index is 5.57. The Labute approximate surface area is 188 Å². The van der Waals surface area contributed by atoms with Crippen molar-refractivity contribution in [3.8, 4) is 5.75 Å². The maximum Gasteiger partial charge on any atom is 0.191 e. The van der Waals surface area contributed by atoms with Crippen LogP contribution in [0.4, 0.5) is 0 Å². The van der Waals surface area contributed by atoms with Crippen molar-refractivity contribution in [2.24, 2.45) is 4.99 Å². The minimum atomic E-state index is 0. The number of halogens is 1. The molecular weight excluding hydrogens is 479 g/mol. The molecule has 3 aromatic rings. The van der Waals surface area contributed by atoms with Crippen LogP contribution in [0.1, 0.15) is 31.2 Å². The number of methoxy groups -OCH3 is 1. The van der Waals surface area contributed by atoms with Crippen LogP contribution in [0.25, 0.3) is 5.65 Å². The number of ether oxygens (including phenoxy) is 1. The maximum absolute atomic E-state index is 5.57. The van der Waals surface area contributed by atoms with Gasteiger partial charge >= 0.3 is 0 Å². The van der Waals surface area contributed by atoms with E-state index in [0.29, 0.717) is 6.54 Å². The van der Waals surface area contributed by atoms with Gasteiger partial charge in [0.1, 0.15) is 12.3 Å². The van der Waals surface area contributed by atoms with Gasteiger partial charge in [-0.05, 0) is 38.0 Å². The summed E-state index contributed by atoms with van der Waals surface area (Å²) < 4.78 is 7.53. The molecule has 0 aliphatic heterocycles. The van der Waals surface area contributed by atoms with Crippen molar-refractivity contribution in [1.82, 2.24) is 25.2 Å². The molecule has 0 saturated heterocycles. The Hall–Kier alpha value is -2.36. The average Bonchev–Trinajstić information content (AvgIpc) is 3.42. The van der Waals surface area contributed by atoms with Gasteiger partial charge in [-0.2, -0.15) is 0 Å². The molecule has 2 heterocycles. The number of aliphatic imine (C=N–C) groups is 1. The van der Waals surface area contributed by atoms with E-state index in [1.807, 2.05) is 40.9 Å². The number of guanidine groups is 1. The van der Waals surface area contributed by atoms with Crippen molar-refractivity contribution in [2.45, 2.75) is 31.7 Å². The van der Waals surface area contributed by atoms with E-state index in [9.17, 15) is 0 Å². The number of para-hydroxylation sites is 1. The summed E-state index contributed by atoms with van der Waals surface area (Å²) in [5, 5.41) is 15.3. The molecule has 4 rings (SSSR count). The van der Waals surface area contributed by atoms with Crippen LogP contribution in [-0.4, -0.2) is 40.8 Å². The number of hydrogen-bond donors (Lipinski definition) is 2. The Morgan fingerprint density at radius 2 is 1.93 bits per heavy atom. The highest BCUT2D eigenvalue weighted by atomic mass is 127. The summed E-state index contributed by atoms with van der Waals surface area (Å²) in [6, 6.07) is 14.2. The van der Waals surface area contributed by atoms with E-state index < -0.39 is 0 Å². The van der Waals surface area contributed by atoms with Crippen LogP contribution in [0.3, 0.4) is 0 Å². The minimum absolute atomic E-state index is 0. The van der Waals surface area contributed by atoms with Crippen LogP contribution in [0.5, 0.6) is 5.75 Å². The molecule has 0 spiro atoms. The molecule has 1 aromatic carbocycles. The zero-order valence-electron chi connectivity index (χ0n) is 16.8. The van der Waals surface area contributed by atoms with Gasteiger partial charge < -0.3 is 15.4 Å². The van der Waals surface area contributed by atoms with Gasteiger partial charge in [-0.3, -0.25) is 4.40 Å². The zero-order valence-corrected chi connectivity index (χ0v) is 19.1. The van der Waals surface area contributed by atoms with Gasteiger partial charge in [-0.25, -0.2) is 4.99 Å². The number of pyridine rings is 1. The van der Waals surface area contributed by atoms with Crippen LogP contribution in [0.2, 0.25) is 0 Å². The Balaban J connectivity index is 0.00000240. The second kappa shape index (κ2) is 9.43. The van der Waals surface area contributed by atoms with Crippen molar-refractivity contribution < 1.29 is 4.74 Å². The molecule has 29 heavy (non-hydrogen) atoms. The Morgan fingerprint density at radius 1 is 1.14 bits per heavy atom. The van der Waals surface area contributed by atoms with Crippen molar-refractivity contribution in [1.29, 1.82) is 0 Å². The quantitative estimate of drug-likeness (QED) is 0.293. The minimum Gasteiger partial charge on any atom is -0.496 e. The number of hydrogen-bond acceptors (Lipinski definition) is 4. The molecule has 7 nitrogen and oxygen atoms in total. The third-order valence-corrected chi connectivity index (χ3v) is 5.23. The van der Waals surface area contributed by atoms with E-state index in [1.165, 1.54) is 5.56 Å². The molecule has 154 valence electrons. The monoisotopic (exact) mass is 506 g/mol. The zero-order chi connectivity index (χ0) is 19.4. The number of rotatable bonds is 7. The fourth-order valence-electron chi connectivity index (χ4n) is 3.52. The lowest BCUT2D eigenvalue weighted by Crippen LogP contribution is -2.41. The normalized spacial score (nSPS) is 14.9. The largest absolute Gasteiger partial charge is 0.496 e. The van der Waals surface area contributed by atoms with E-state index in [2.05, 4.69) is 39.9 Å². The van der Waals surface area contributed by atoms with Gasteiger partial charge in [0.25, 0.3) is 0 Å². The second-order valence-corrected chi connectivity index (χ2v) is 7.07. The van der Waals surface area contributed by atoms with Gasteiger partial charge in [0.05, 0.1) is 7.11 Å². The summed E-state index contributed by atoms with van der Waals surface area (Å²) >= 11 is 0. The molecule has 0 amide bonds. The SMILES string of the molecule is CCNC(=NCc1nnc2ccccn12)NCC1(c2ccccc2OC)CC1.I. The molecule has 2 N–H and O–H groups in total. The van der Waals surface area contributed by atoms with Crippen molar-refractivity contribution in [3.63, 3.8) is 0 Å². The second-order valence-electron chi connectivity index (χ2n) is 7.07. The first kappa shape index (κ1) is 21.4. The summed E-state index contributed by atoms with van der Waals surface area (Å²) in [7, 11) is 1.73. The Morgan fingerprint density at radius 3 is 2.69 bits per heavy atom. The van der Waals surface area contributed by atoms with Gasteiger partial charge in [0, 0.05) is 30.3 Å². The highest BCUT2D eigenvalue weighted by Gasteiger charge is 2.46. The first-order chi connectivity index (χ1) is 13.8. The first-order valence-electron chi connectivity index (χ1n) is 9.70. The predicted molar refractivity (Wildman–Crippen MR) is 125 cm³/mol. The molecule has 0 unspecified atom stereocenters. The number of nitrogens with zero attached hydrogens (tertiary/aromatic N) is 4. The third-order valence-electron chi connectivity index (χ3n) is 5.23. The summed E-state index contributed by atoms with van der Waals surface area (Å²) in [5.41, 5.74) is 2.22.